The number of rotatable bonds is 7. The zero-order valence-electron chi connectivity index (χ0n) is 41.6. The van der Waals surface area contributed by atoms with Crippen LogP contribution in [0.3, 0.4) is 0 Å². The molecule has 1 spiro atoms. The maximum Gasteiger partial charge on any atom is 0.0727 e. The monoisotopic (exact) mass is 847 g/mol. The summed E-state index contributed by atoms with van der Waals surface area (Å²) in [6, 6.07) is 74.3. The summed E-state index contributed by atoms with van der Waals surface area (Å²) in [7, 11) is 0. The van der Waals surface area contributed by atoms with E-state index in [0.29, 0.717) is 5.56 Å². The van der Waals surface area contributed by atoms with Crippen LogP contribution in [-0.4, -0.2) is 0 Å². The van der Waals surface area contributed by atoms with Crippen molar-refractivity contribution in [2.75, 3.05) is 9.80 Å². The Morgan fingerprint density at radius 1 is 0.303 bits per heavy atom. The van der Waals surface area contributed by atoms with Crippen LogP contribution >= 0.6 is 0 Å². The van der Waals surface area contributed by atoms with E-state index in [1.807, 2.05) is 18.2 Å². The van der Waals surface area contributed by atoms with E-state index in [2.05, 4.69) is 218 Å². The number of para-hydroxylation sites is 2. The lowest BCUT2D eigenvalue weighted by molar-refractivity contribution is 0.660. The van der Waals surface area contributed by atoms with E-state index in [0.717, 1.165) is 39.7 Å². The Morgan fingerprint density at radius 3 is 1.32 bits per heavy atom. The third-order valence-corrected chi connectivity index (χ3v) is 14.3. The second-order valence-electron chi connectivity index (χ2n) is 18.1. The van der Waals surface area contributed by atoms with Gasteiger partial charge in [0.2, 0.25) is 0 Å². The van der Waals surface area contributed by atoms with Gasteiger partial charge in [-0.05, 0) is 151 Å². The number of hydrogen-bond donors (Lipinski definition) is 0. The lowest BCUT2D eigenvalue weighted by Gasteiger charge is -2.33. The third-order valence-electron chi connectivity index (χ3n) is 14.3. The molecule has 0 amide bonds. The zero-order chi connectivity index (χ0) is 48.3. The number of nitrogens with zero attached hydrogens (tertiary/aromatic N) is 2. The number of fused-ring (bicyclic) bond motifs is 13. The second-order valence-corrected chi connectivity index (χ2v) is 18.1. The first-order valence-electron chi connectivity index (χ1n) is 25.2. The Labute approximate surface area is 394 Å². The Kier molecular flexibility index (Phi) is 7.41. The molecule has 1 atom stereocenters. The molecule has 0 N–H and O–H groups in total. The van der Waals surface area contributed by atoms with Gasteiger partial charge in [-0.25, -0.2) is 0 Å². The van der Waals surface area contributed by atoms with Gasteiger partial charge in [-0.15, -0.1) is 0 Å². The minimum absolute atomic E-state index is 0.167. The largest absolute Gasteiger partial charge is 0.310 e. The fourth-order valence-electron chi connectivity index (χ4n) is 11.5. The van der Waals surface area contributed by atoms with Gasteiger partial charge in [-0.1, -0.05) is 184 Å². The first kappa shape index (κ1) is 33.3. The van der Waals surface area contributed by atoms with Crippen LogP contribution in [0.4, 0.5) is 34.1 Å². The van der Waals surface area contributed by atoms with Crippen LogP contribution in [0.2, 0.25) is 0 Å². The van der Waals surface area contributed by atoms with E-state index in [1.165, 1.54) is 61.2 Å². The van der Waals surface area contributed by atoms with Crippen LogP contribution in [0, 0.1) is 0 Å². The van der Waals surface area contributed by atoms with E-state index < -0.39 is 11.5 Å². The first-order valence-corrected chi connectivity index (χ1v) is 22.7. The molecule has 10 aromatic carbocycles. The van der Waals surface area contributed by atoms with Gasteiger partial charge in [-0.2, -0.15) is 0 Å². The quantitative estimate of drug-likeness (QED) is 0.158. The molecule has 0 saturated heterocycles. The van der Waals surface area contributed by atoms with Gasteiger partial charge in [0.05, 0.1) is 12.3 Å². The Morgan fingerprint density at radius 2 is 0.727 bits per heavy atom. The molecule has 0 radical (unpaired) electrons. The topological polar surface area (TPSA) is 6.48 Å². The van der Waals surface area contributed by atoms with Crippen molar-refractivity contribution in [3.63, 3.8) is 0 Å². The Balaban J connectivity index is 1.07. The molecule has 10 aromatic rings. The summed E-state index contributed by atoms with van der Waals surface area (Å²) in [4.78, 5) is 4.61. The summed E-state index contributed by atoms with van der Waals surface area (Å²) >= 11 is 0. The van der Waals surface area contributed by atoms with Gasteiger partial charge in [0.15, 0.2) is 0 Å². The summed E-state index contributed by atoms with van der Waals surface area (Å²) in [6.07, 6.45) is 0. The van der Waals surface area contributed by atoms with Crippen molar-refractivity contribution in [3.8, 4) is 44.5 Å². The second kappa shape index (κ2) is 14.7. The van der Waals surface area contributed by atoms with Crippen LogP contribution in [0.15, 0.2) is 243 Å². The molecule has 0 heterocycles. The summed E-state index contributed by atoms with van der Waals surface area (Å²) in [6.45, 7) is 4.58. The lowest BCUT2D eigenvalue weighted by Crippen LogP contribution is -2.26. The van der Waals surface area contributed by atoms with E-state index in [4.69, 9.17) is 6.85 Å². The van der Waals surface area contributed by atoms with E-state index in [1.54, 1.807) is 0 Å². The molecule has 66 heavy (non-hydrogen) atoms. The molecule has 1 unspecified atom stereocenters. The van der Waals surface area contributed by atoms with Gasteiger partial charge in [0.25, 0.3) is 0 Å². The molecule has 2 heteroatoms. The van der Waals surface area contributed by atoms with E-state index >= 15 is 0 Å². The van der Waals surface area contributed by atoms with E-state index in [9.17, 15) is 0 Å². The van der Waals surface area contributed by atoms with E-state index in [-0.39, 0.29) is 35.1 Å². The minimum Gasteiger partial charge on any atom is -0.310 e. The average molecular weight is 848 g/mol. The molecule has 0 aromatic heterocycles. The SMILES string of the molecule is [2H]c1c([2H])c([2H])c(-c2cccc(N(c3ccc4c(c3)-c3ccccc3C4(C)C)c3ccc4c(c3)C3(c5ccccc5-c5ccc(N(c6ccccc6)c6ccccc6)cc53)c3ccccc3-4)c2)c([2H])c1[2H]. The molecule has 0 aliphatic heterocycles. The highest BCUT2D eigenvalue weighted by Gasteiger charge is 2.52. The van der Waals surface area contributed by atoms with Crippen LogP contribution in [0.1, 0.15) is 54.1 Å². The highest BCUT2D eigenvalue weighted by atomic mass is 15.1. The smallest absolute Gasteiger partial charge is 0.0727 e. The molecule has 3 aliphatic carbocycles. The van der Waals surface area contributed by atoms with Crippen molar-refractivity contribution in [2.45, 2.75) is 24.7 Å². The van der Waals surface area contributed by atoms with Crippen LogP contribution in [-0.2, 0) is 10.8 Å². The first-order chi connectivity index (χ1) is 34.6. The highest BCUT2D eigenvalue weighted by Crippen LogP contribution is 2.64. The number of hydrogen-bond acceptors (Lipinski definition) is 2. The van der Waals surface area contributed by atoms with Gasteiger partial charge < -0.3 is 9.80 Å². The molecular weight excluding hydrogens is 797 g/mol. The summed E-state index contributed by atoms with van der Waals surface area (Å²) in [5, 5.41) is 0. The van der Waals surface area contributed by atoms with Gasteiger partial charge >= 0.3 is 0 Å². The molecule has 312 valence electrons. The van der Waals surface area contributed by atoms with Gasteiger partial charge in [0, 0.05) is 39.5 Å². The molecular formula is C64H46N2. The van der Waals surface area contributed by atoms with Crippen molar-refractivity contribution in [1.29, 1.82) is 0 Å². The molecule has 13 rings (SSSR count). The minimum atomic E-state index is -0.690. The predicted octanol–water partition coefficient (Wildman–Crippen LogP) is 16.9. The van der Waals surface area contributed by atoms with Gasteiger partial charge in [0.1, 0.15) is 0 Å². The highest BCUT2D eigenvalue weighted by molar-refractivity contribution is 5.98. The average Bonchev–Trinajstić information content (AvgIpc) is 3.96. The van der Waals surface area contributed by atoms with Crippen molar-refractivity contribution in [2.24, 2.45) is 0 Å². The maximum absolute atomic E-state index is 8.98. The van der Waals surface area contributed by atoms with Gasteiger partial charge in [-0.3, -0.25) is 0 Å². The fourth-order valence-corrected chi connectivity index (χ4v) is 11.5. The molecule has 0 saturated carbocycles. The van der Waals surface area contributed by atoms with Crippen molar-refractivity contribution >= 4 is 34.1 Å². The van der Waals surface area contributed by atoms with Crippen LogP contribution in [0.5, 0.6) is 0 Å². The van der Waals surface area contributed by atoms with Crippen molar-refractivity contribution in [1.82, 2.24) is 0 Å². The molecule has 2 nitrogen and oxygen atoms in total. The molecule has 0 bridgehead atoms. The maximum atomic E-state index is 8.98. The molecule has 3 aliphatic rings. The Bertz CT molecular complexity index is 3750. The summed E-state index contributed by atoms with van der Waals surface area (Å²) in [5.74, 6) is 0. The number of anilines is 6. The standard InChI is InChI=1S/C64H46N2/c1-63(2)57-30-15-12-29-53(57)56-40-48(35-38-58(56)63)66(47-26-18-21-44(39-47)43-19-6-3-7-20-43)50-34-37-55-52-28-14-17-32-60(52)64(62(55)42-50)59-31-16-13-27-51(59)54-36-33-49(41-61(54)64)65(45-22-8-4-9-23-45)46-24-10-5-11-25-46/h3-42H,1-2H3/i3D,6D,7D,19D,20D. The fraction of sp³-hybridized carbons (Fsp3) is 0.0625. The normalized spacial score (nSPS) is 16.4. The van der Waals surface area contributed by atoms with Crippen molar-refractivity contribution < 1.29 is 6.85 Å². The Hall–Kier alpha value is -8.20. The third kappa shape index (κ3) is 5.55. The van der Waals surface area contributed by atoms with Crippen LogP contribution in [0.25, 0.3) is 44.5 Å². The lowest BCUT2D eigenvalue weighted by atomic mass is 9.70. The molecule has 0 fully saturated rings. The zero-order valence-corrected chi connectivity index (χ0v) is 36.6. The number of benzene rings is 10. The summed E-state index contributed by atoms with van der Waals surface area (Å²) < 4.78 is 43.4. The predicted molar refractivity (Wildman–Crippen MR) is 275 cm³/mol. The van der Waals surface area contributed by atoms with Crippen LogP contribution < -0.4 is 9.80 Å². The summed E-state index contributed by atoms with van der Waals surface area (Å²) in [5.41, 5.74) is 20.2. The van der Waals surface area contributed by atoms with Crippen molar-refractivity contribution in [3.05, 3.63) is 276 Å².